The number of aliphatic hydroxyl groups is 1. The number of carbonyl (C=O) groups is 4. The maximum atomic E-state index is 12.7. The molecule has 0 aliphatic rings. The molecule has 0 saturated carbocycles. The van der Waals surface area contributed by atoms with E-state index in [9.17, 15) is 43.2 Å². The number of phosphoric acid groups is 2. The van der Waals surface area contributed by atoms with E-state index < -0.39 is 97.5 Å². The van der Waals surface area contributed by atoms with Crippen molar-refractivity contribution < 1.29 is 80.2 Å². The number of esters is 4. The van der Waals surface area contributed by atoms with Crippen LogP contribution in [0, 0.1) is 0 Å². The topological polar surface area (TPSA) is 237 Å². The second-order valence-corrected chi connectivity index (χ2v) is 22.1. The molecule has 0 amide bonds. The Hall–Kier alpha value is -2.46. The lowest BCUT2D eigenvalue weighted by atomic mass is 10.1. The van der Waals surface area contributed by atoms with E-state index in [1.165, 1.54) is 77.0 Å². The summed E-state index contributed by atoms with van der Waals surface area (Å²) in [5, 5.41) is 10.3. The Morgan fingerprint density at radius 1 is 0.365 bits per heavy atom. The van der Waals surface area contributed by atoms with E-state index in [1.807, 2.05) is 13.8 Å². The summed E-state index contributed by atoms with van der Waals surface area (Å²) < 4.78 is 66.4. The van der Waals surface area contributed by atoms with Gasteiger partial charge >= 0.3 is 39.5 Å². The van der Waals surface area contributed by atoms with Crippen LogP contribution in [-0.4, -0.2) is 96.7 Å². The van der Waals surface area contributed by atoms with Crippen molar-refractivity contribution in [1.29, 1.82) is 0 Å². The normalized spacial score (nSPS) is 14.6. The number of hydrogen-bond acceptors (Lipinski definition) is 15. The molecule has 17 nitrogen and oxygen atoms in total. The SMILES string of the molecule is CCCCCCCC/C=C/CCCCCCCC(=O)OC[C@H](COP(=O)(O)OCC(O)COP(=O)(O)OC[C@H](COC(=O)CCCCCCC/C=C/CCCCCCCC)OC(=O)CCCC)OC(=O)CCCC. The molecular formula is C55H102O17P2. The van der Waals surface area contributed by atoms with Gasteiger partial charge in [-0.1, -0.05) is 168 Å². The van der Waals surface area contributed by atoms with Gasteiger partial charge in [0.2, 0.25) is 0 Å². The molecule has 434 valence electrons. The van der Waals surface area contributed by atoms with Crippen LogP contribution in [0.4, 0.5) is 0 Å². The maximum Gasteiger partial charge on any atom is 0.472 e. The Morgan fingerprint density at radius 2 is 0.635 bits per heavy atom. The first-order valence-corrected chi connectivity index (χ1v) is 31.6. The van der Waals surface area contributed by atoms with Gasteiger partial charge in [-0.3, -0.25) is 37.3 Å². The van der Waals surface area contributed by atoms with Crippen LogP contribution in [0.1, 0.15) is 246 Å². The fourth-order valence-corrected chi connectivity index (χ4v) is 8.98. The highest BCUT2D eigenvalue weighted by Crippen LogP contribution is 2.45. The molecule has 0 heterocycles. The molecule has 0 aliphatic heterocycles. The number of ether oxygens (including phenoxy) is 4. The van der Waals surface area contributed by atoms with E-state index in [4.69, 9.17) is 37.0 Å². The zero-order valence-electron chi connectivity index (χ0n) is 46.3. The predicted molar refractivity (Wildman–Crippen MR) is 289 cm³/mol. The summed E-state index contributed by atoms with van der Waals surface area (Å²) in [6.07, 6.45) is 37.0. The van der Waals surface area contributed by atoms with E-state index in [1.54, 1.807) is 0 Å². The quantitative estimate of drug-likeness (QED) is 0.0169. The highest BCUT2D eigenvalue weighted by atomic mass is 31.2. The van der Waals surface area contributed by atoms with Gasteiger partial charge in [-0.2, -0.15) is 0 Å². The minimum absolute atomic E-state index is 0.0737. The molecule has 0 radical (unpaired) electrons. The summed E-state index contributed by atoms with van der Waals surface area (Å²) in [7, 11) is -9.83. The monoisotopic (exact) mass is 1100 g/mol. The lowest BCUT2D eigenvalue weighted by molar-refractivity contribution is -0.161. The highest BCUT2D eigenvalue weighted by Gasteiger charge is 2.30. The van der Waals surface area contributed by atoms with Gasteiger partial charge in [0.1, 0.15) is 19.3 Å². The first-order chi connectivity index (χ1) is 35.7. The molecule has 3 N–H and O–H groups in total. The molecule has 0 rings (SSSR count). The number of aliphatic hydroxyl groups excluding tert-OH is 1. The minimum Gasteiger partial charge on any atom is -0.462 e. The lowest BCUT2D eigenvalue weighted by Gasteiger charge is -2.21. The Kier molecular flexibility index (Phi) is 48.4. The summed E-state index contributed by atoms with van der Waals surface area (Å²) in [6, 6.07) is 0. The van der Waals surface area contributed by atoms with Crippen molar-refractivity contribution in [2.75, 3.05) is 39.6 Å². The molecule has 19 heteroatoms. The molecule has 0 aromatic heterocycles. The van der Waals surface area contributed by atoms with Crippen molar-refractivity contribution in [3.05, 3.63) is 24.3 Å². The Morgan fingerprint density at radius 3 is 0.959 bits per heavy atom. The van der Waals surface area contributed by atoms with Crippen molar-refractivity contribution in [2.45, 2.75) is 264 Å². The molecule has 0 bridgehead atoms. The van der Waals surface area contributed by atoms with Crippen molar-refractivity contribution >= 4 is 39.5 Å². The maximum absolute atomic E-state index is 12.7. The first kappa shape index (κ1) is 71.5. The largest absolute Gasteiger partial charge is 0.472 e. The van der Waals surface area contributed by atoms with Crippen LogP contribution in [0.3, 0.4) is 0 Å². The third kappa shape index (κ3) is 49.1. The van der Waals surface area contributed by atoms with Gasteiger partial charge in [-0.15, -0.1) is 0 Å². The van der Waals surface area contributed by atoms with Gasteiger partial charge in [0.25, 0.3) is 0 Å². The number of phosphoric ester groups is 2. The van der Waals surface area contributed by atoms with Crippen molar-refractivity contribution in [3.63, 3.8) is 0 Å². The Labute approximate surface area is 446 Å². The highest BCUT2D eigenvalue weighted by molar-refractivity contribution is 7.47. The third-order valence-electron chi connectivity index (χ3n) is 11.9. The van der Waals surface area contributed by atoms with Gasteiger partial charge in [-0.05, 0) is 77.0 Å². The van der Waals surface area contributed by atoms with Crippen molar-refractivity contribution in [1.82, 2.24) is 0 Å². The summed E-state index contributed by atoms with van der Waals surface area (Å²) in [5.41, 5.74) is 0. The lowest BCUT2D eigenvalue weighted by Crippen LogP contribution is -2.30. The van der Waals surface area contributed by atoms with Crippen LogP contribution in [0.25, 0.3) is 0 Å². The Balaban J connectivity index is 4.74. The van der Waals surface area contributed by atoms with Crippen LogP contribution in [0.15, 0.2) is 24.3 Å². The molecule has 0 spiro atoms. The number of hydrogen-bond donors (Lipinski definition) is 3. The third-order valence-corrected chi connectivity index (χ3v) is 13.8. The number of allylic oxidation sites excluding steroid dienone is 4. The summed E-state index contributed by atoms with van der Waals surface area (Å²) in [6.45, 7) is 4.21. The van der Waals surface area contributed by atoms with Crippen LogP contribution < -0.4 is 0 Å². The van der Waals surface area contributed by atoms with E-state index in [2.05, 4.69) is 38.2 Å². The standard InChI is InChI=1S/C55H102O17P2/c1-5-9-13-15-17-19-21-23-25-27-29-31-33-35-37-41-52(57)65-45-50(71-54(59)39-11-7-3)47-69-73(61,62)67-43-49(56)44-68-74(63,64)70-48-51(72-55(60)40-12-8-4)46-66-53(58)42-38-36-34-32-30-28-26-24-22-20-18-16-14-10-6-2/h23-26,49-51,56H,5-22,27-48H2,1-4H3,(H,61,62)(H,63,64)/b25-23+,26-24+/t49?,50-,51+. The zero-order valence-corrected chi connectivity index (χ0v) is 48.1. The molecule has 3 unspecified atom stereocenters. The van der Waals surface area contributed by atoms with Crippen LogP contribution in [0.5, 0.6) is 0 Å². The van der Waals surface area contributed by atoms with Gasteiger partial charge in [0.05, 0.1) is 26.4 Å². The van der Waals surface area contributed by atoms with Crippen molar-refractivity contribution in [3.8, 4) is 0 Å². The van der Waals surface area contributed by atoms with Crippen LogP contribution in [0.2, 0.25) is 0 Å². The minimum atomic E-state index is -4.92. The zero-order chi connectivity index (χ0) is 54.8. The van der Waals surface area contributed by atoms with Crippen LogP contribution >= 0.6 is 15.6 Å². The summed E-state index contributed by atoms with van der Waals surface area (Å²) in [4.78, 5) is 70.4. The van der Waals surface area contributed by atoms with Crippen molar-refractivity contribution in [2.24, 2.45) is 0 Å². The van der Waals surface area contributed by atoms with E-state index in [0.29, 0.717) is 25.7 Å². The molecule has 0 aromatic rings. The summed E-state index contributed by atoms with van der Waals surface area (Å²) in [5.74, 6) is -2.26. The van der Waals surface area contributed by atoms with E-state index in [0.717, 1.165) is 89.9 Å². The second-order valence-electron chi connectivity index (χ2n) is 19.2. The summed E-state index contributed by atoms with van der Waals surface area (Å²) >= 11 is 0. The van der Waals surface area contributed by atoms with Gasteiger partial charge in [0.15, 0.2) is 12.2 Å². The first-order valence-electron chi connectivity index (χ1n) is 28.6. The molecular weight excluding hydrogens is 995 g/mol. The smallest absolute Gasteiger partial charge is 0.462 e. The number of carbonyl (C=O) groups excluding carboxylic acids is 4. The van der Waals surface area contributed by atoms with Crippen LogP contribution in [-0.2, 0) is 65.4 Å². The average molecular weight is 1100 g/mol. The molecule has 0 aliphatic carbocycles. The average Bonchev–Trinajstić information content (AvgIpc) is 3.37. The molecule has 0 saturated heterocycles. The molecule has 0 fully saturated rings. The fraction of sp³-hybridized carbons (Fsp3) is 0.855. The fourth-order valence-electron chi connectivity index (χ4n) is 7.40. The number of rotatable bonds is 54. The van der Waals surface area contributed by atoms with Gasteiger partial charge < -0.3 is 33.8 Å². The van der Waals surface area contributed by atoms with E-state index >= 15 is 0 Å². The van der Waals surface area contributed by atoms with Gasteiger partial charge in [-0.25, -0.2) is 9.13 Å². The second kappa shape index (κ2) is 50.1. The molecule has 74 heavy (non-hydrogen) atoms. The van der Waals surface area contributed by atoms with Gasteiger partial charge in [0, 0.05) is 25.7 Å². The van der Waals surface area contributed by atoms with E-state index in [-0.39, 0.29) is 25.7 Å². The Bertz CT molecular complexity index is 1430. The predicted octanol–water partition coefficient (Wildman–Crippen LogP) is 14.0. The molecule has 0 aromatic carbocycles. The number of unbranched alkanes of at least 4 members (excludes halogenated alkanes) is 24. The molecule has 5 atom stereocenters.